The minimum absolute atomic E-state index is 0.0360. The van der Waals surface area contributed by atoms with Gasteiger partial charge in [-0.25, -0.2) is 0 Å². The van der Waals surface area contributed by atoms with Gasteiger partial charge in [0.15, 0.2) is 5.78 Å². The highest BCUT2D eigenvalue weighted by atomic mass is 16.6. The van der Waals surface area contributed by atoms with Gasteiger partial charge in [0, 0.05) is 30.1 Å². The minimum atomic E-state index is -0.417. The van der Waals surface area contributed by atoms with Crippen LogP contribution < -0.4 is 0 Å². The van der Waals surface area contributed by atoms with Crippen molar-refractivity contribution in [1.29, 1.82) is 0 Å². The van der Waals surface area contributed by atoms with Gasteiger partial charge in [0.05, 0.1) is 0 Å². The van der Waals surface area contributed by atoms with Crippen LogP contribution in [-0.2, 0) is 23.9 Å². The number of ether oxygens (including phenoxy) is 2. The Morgan fingerprint density at radius 2 is 1.72 bits per heavy atom. The Morgan fingerprint density at radius 1 is 1.03 bits per heavy atom. The number of fused-ring (bicyclic) bond motifs is 5. The van der Waals surface area contributed by atoms with Crippen molar-refractivity contribution < 1.29 is 23.9 Å². The molecule has 5 nitrogen and oxygen atoms in total. The Kier molecular flexibility index (Phi) is 6.09. The molecule has 4 rings (SSSR count). The van der Waals surface area contributed by atoms with Crippen LogP contribution in [0.25, 0.3) is 0 Å². The van der Waals surface area contributed by atoms with Gasteiger partial charge < -0.3 is 9.47 Å². The Labute approximate surface area is 192 Å². The number of carbonyl (C=O) groups excluding carboxylic acids is 3. The van der Waals surface area contributed by atoms with Crippen LogP contribution in [-0.4, -0.2) is 29.9 Å². The second-order valence-corrected chi connectivity index (χ2v) is 11.3. The summed E-state index contributed by atoms with van der Waals surface area (Å²) in [5.41, 5.74) is 0.549. The fourth-order valence-electron chi connectivity index (χ4n) is 8.04. The summed E-state index contributed by atoms with van der Waals surface area (Å²) in [5.74, 6) is 1.63. The van der Waals surface area contributed by atoms with Gasteiger partial charge in [-0.3, -0.25) is 14.4 Å². The summed E-state index contributed by atoms with van der Waals surface area (Å²) >= 11 is 0. The standard InChI is InChI=1S/C27H40O5/c1-6-23(29)31-16-27-13-8-18(28)15-22(27)17(3)14-19-20-10-12-26(5,32-24(30)7-2)25(20,4)11-9-21(19)27/h15,17,19-21H,6-14,16H2,1-5H3/t17-,19-,20-,21-,25-,26+,27-/m0/s1. The highest BCUT2D eigenvalue weighted by molar-refractivity contribution is 5.91. The first-order valence-corrected chi connectivity index (χ1v) is 12.7. The monoisotopic (exact) mass is 444 g/mol. The van der Waals surface area contributed by atoms with Crippen LogP contribution in [0.5, 0.6) is 0 Å². The minimum Gasteiger partial charge on any atom is -0.465 e. The van der Waals surface area contributed by atoms with Gasteiger partial charge in [-0.05, 0) is 75.2 Å². The summed E-state index contributed by atoms with van der Waals surface area (Å²) in [5, 5.41) is 0. The second kappa shape index (κ2) is 8.29. The van der Waals surface area contributed by atoms with E-state index in [4.69, 9.17) is 9.47 Å². The molecule has 178 valence electrons. The predicted octanol–water partition coefficient (Wildman–Crippen LogP) is 5.41. The van der Waals surface area contributed by atoms with Gasteiger partial charge in [0.25, 0.3) is 0 Å². The van der Waals surface area contributed by atoms with Crippen LogP contribution in [0, 0.1) is 34.5 Å². The van der Waals surface area contributed by atoms with Crippen molar-refractivity contribution in [3.05, 3.63) is 11.6 Å². The number of hydrogen-bond acceptors (Lipinski definition) is 5. The maximum atomic E-state index is 12.4. The molecule has 32 heavy (non-hydrogen) atoms. The van der Waals surface area contributed by atoms with Crippen molar-refractivity contribution in [1.82, 2.24) is 0 Å². The largest absolute Gasteiger partial charge is 0.465 e. The third-order valence-corrected chi connectivity index (χ3v) is 9.95. The molecule has 0 radical (unpaired) electrons. The number of hydrogen-bond donors (Lipinski definition) is 0. The van der Waals surface area contributed by atoms with Crippen molar-refractivity contribution >= 4 is 17.7 Å². The van der Waals surface area contributed by atoms with E-state index in [0.29, 0.717) is 49.5 Å². The number of rotatable bonds is 5. The fourth-order valence-corrected chi connectivity index (χ4v) is 8.04. The average molecular weight is 445 g/mol. The molecule has 4 aliphatic rings. The first-order valence-electron chi connectivity index (χ1n) is 12.7. The third kappa shape index (κ3) is 3.45. The normalized spacial score (nSPS) is 42.9. The van der Waals surface area contributed by atoms with E-state index in [-0.39, 0.29) is 28.6 Å². The molecule has 3 fully saturated rings. The highest BCUT2D eigenvalue weighted by Crippen LogP contribution is 2.69. The zero-order valence-corrected chi connectivity index (χ0v) is 20.5. The van der Waals surface area contributed by atoms with Gasteiger partial charge in [0.1, 0.15) is 12.2 Å². The predicted molar refractivity (Wildman–Crippen MR) is 122 cm³/mol. The molecule has 0 N–H and O–H groups in total. The zero-order valence-electron chi connectivity index (χ0n) is 20.5. The van der Waals surface area contributed by atoms with Crippen LogP contribution >= 0.6 is 0 Å². The maximum Gasteiger partial charge on any atom is 0.306 e. The van der Waals surface area contributed by atoms with Crippen LogP contribution in [0.4, 0.5) is 0 Å². The van der Waals surface area contributed by atoms with Gasteiger partial charge in [-0.1, -0.05) is 33.3 Å². The van der Waals surface area contributed by atoms with Gasteiger partial charge in [-0.2, -0.15) is 0 Å². The smallest absolute Gasteiger partial charge is 0.306 e. The molecular weight excluding hydrogens is 404 g/mol. The summed E-state index contributed by atoms with van der Waals surface area (Å²) in [6, 6.07) is 0. The molecule has 3 saturated carbocycles. The van der Waals surface area contributed by atoms with Crippen LogP contribution in [0.2, 0.25) is 0 Å². The molecule has 7 atom stereocenters. The number of ketones is 1. The molecule has 5 heteroatoms. The van der Waals surface area contributed by atoms with Crippen LogP contribution in [0.1, 0.15) is 92.4 Å². The molecule has 0 aromatic carbocycles. The first-order chi connectivity index (χ1) is 15.1. The Hall–Kier alpha value is -1.65. The Balaban J connectivity index is 1.69. The maximum absolute atomic E-state index is 12.4. The third-order valence-electron chi connectivity index (χ3n) is 9.95. The molecule has 0 saturated heterocycles. The lowest BCUT2D eigenvalue weighted by atomic mass is 9.44. The van der Waals surface area contributed by atoms with E-state index >= 15 is 0 Å². The summed E-state index contributed by atoms with van der Waals surface area (Å²) in [6.45, 7) is 10.8. The van der Waals surface area contributed by atoms with E-state index in [1.807, 2.05) is 19.9 Å². The molecule has 0 aromatic heterocycles. The Bertz CT molecular complexity index is 830. The molecule has 0 amide bonds. The summed E-state index contributed by atoms with van der Waals surface area (Å²) in [6.07, 6.45) is 9.07. The molecule has 4 aliphatic carbocycles. The van der Waals surface area contributed by atoms with E-state index in [1.54, 1.807) is 0 Å². The lowest BCUT2D eigenvalue weighted by Gasteiger charge is -2.61. The lowest BCUT2D eigenvalue weighted by Crippen LogP contribution is -2.57. The molecular formula is C27H40O5. The molecule has 0 unspecified atom stereocenters. The Morgan fingerprint density at radius 3 is 2.41 bits per heavy atom. The van der Waals surface area contributed by atoms with E-state index < -0.39 is 5.60 Å². The number of esters is 2. The van der Waals surface area contributed by atoms with Gasteiger partial charge in [0.2, 0.25) is 0 Å². The van der Waals surface area contributed by atoms with Crippen molar-refractivity contribution in [3.63, 3.8) is 0 Å². The van der Waals surface area contributed by atoms with Crippen molar-refractivity contribution in [2.24, 2.45) is 34.5 Å². The quantitative estimate of drug-likeness (QED) is 0.530. The van der Waals surface area contributed by atoms with Crippen molar-refractivity contribution in [2.75, 3.05) is 6.61 Å². The zero-order chi connectivity index (χ0) is 23.3. The molecule has 0 aliphatic heterocycles. The van der Waals surface area contributed by atoms with E-state index in [2.05, 4.69) is 20.8 Å². The lowest BCUT2D eigenvalue weighted by molar-refractivity contribution is -0.182. The summed E-state index contributed by atoms with van der Waals surface area (Å²) < 4.78 is 11.9. The van der Waals surface area contributed by atoms with E-state index in [0.717, 1.165) is 38.5 Å². The summed E-state index contributed by atoms with van der Waals surface area (Å²) in [7, 11) is 0. The van der Waals surface area contributed by atoms with Crippen LogP contribution in [0.15, 0.2) is 11.6 Å². The SMILES string of the molecule is CCC(=O)OC[C@]12CCC(=O)C=C1[C@@H](C)C[C@@H]1[C@@H]2CC[C@@]2(C)[C@H]1CC[C@@]2(C)OC(=O)CC. The molecule has 0 heterocycles. The van der Waals surface area contributed by atoms with Crippen molar-refractivity contribution in [3.8, 4) is 0 Å². The van der Waals surface area contributed by atoms with Crippen LogP contribution in [0.3, 0.4) is 0 Å². The van der Waals surface area contributed by atoms with Gasteiger partial charge >= 0.3 is 11.9 Å². The first kappa shape index (κ1) is 23.5. The average Bonchev–Trinajstić information content (AvgIpc) is 3.03. The molecule has 0 spiro atoms. The van der Waals surface area contributed by atoms with E-state index in [1.165, 1.54) is 5.57 Å². The summed E-state index contributed by atoms with van der Waals surface area (Å²) in [4.78, 5) is 36.8. The van der Waals surface area contributed by atoms with E-state index in [9.17, 15) is 14.4 Å². The van der Waals surface area contributed by atoms with Gasteiger partial charge in [-0.15, -0.1) is 0 Å². The topological polar surface area (TPSA) is 69.7 Å². The second-order valence-electron chi connectivity index (χ2n) is 11.3. The molecule has 0 aromatic rings. The van der Waals surface area contributed by atoms with Crippen molar-refractivity contribution in [2.45, 2.75) is 98.0 Å². The number of carbonyl (C=O) groups is 3. The molecule has 0 bridgehead atoms. The highest BCUT2D eigenvalue weighted by Gasteiger charge is 2.65. The fraction of sp³-hybridized carbons (Fsp3) is 0.815.